The van der Waals surface area contributed by atoms with E-state index in [4.69, 9.17) is 11.6 Å². The van der Waals surface area contributed by atoms with Crippen molar-refractivity contribution in [2.24, 2.45) is 0 Å². The number of amides is 1. The lowest BCUT2D eigenvalue weighted by Gasteiger charge is -2.21. The minimum absolute atomic E-state index is 0.0492. The van der Waals surface area contributed by atoms with Crippen LogP contribution < -0.4 is 10.6 Å². The Balaban J connectivity index is 2.15. The fourth-order valence-corrected chi connectivity index (χ4v) is 1.79. The van der Waals surface area contributed by atoms with Crippen molar-refractivity contribution in [1.82, 2.24) is 5.32 Å². The molecule has 0 aromatic heterocycles. The van der Waals surface area contributed by atoms with Crippen LogP contribution in [0, 0.1) is 6.92 Å². The van der Waals surface area contributed by atoms with Gasteiger partial charge in [-0.3, -0.25) is 4.79 Å². The van der Waals surface area contributed by atoms with E-state index >= 15 is 0 Å². The van der Waals surface area contributed by atoms with E-state index in [0.29, 0.717) is 5.02 Å². The number of carbonyl (C=O) groups excluding carboxylic acids is 1. The average Bonchev–Trinajstić information content (AvgIpc) is 2.21. The van der Waals surface area contributed by atoms with E-state index in [1.165, 1.54) is 5.57 Å². The van der Waals surface area contributed by atoms with Gasteiger partial charge in [0.15, 0.2) is 0 Å². The highest BCUT2D eigenvalue weighted by Crippen LogP contribution is 2.21. The Morgan fingerprint density at radius 3 is 2.71 bits per heavy atom. The van der Waals surface area contributed by atoms with Crippen molar-refractivity contribution in [2.45, 2.75) is 13.8 Å². The average molecular weight is 251 g/mol. The molecule has 0 bridgehead atoms. The first-order valence-electron chi connectivity index (χ1n) is 5.55. The maximum atomic E-state index is 12.0. The van der Waals surface area contributed by atoms with E-state index in [-0.39, 0.29) is 5.91 Å². The first-order valence-corrected chi connectivity index (χ1v) is 5.92. The number of hydrogen-bond donors (Lipinski definition) is 2. The predicted octanol–water partition coefficient (Wildman–Crippen LogP) is 2.51. The second-order valence-electron chi connectivity index (χ2n) is 4.25. The van der Waals surface area contributed by atoms with Crippen LogP contribution in [-0.2, 0) is 4.79 Å². The SMILES string of the molecule is CC(C(=O)Nc1cc(Cl)ccc1C)=C1CNC1. The van der Waals surface area contributed by atoms with Gasteiger partial charge in [0, 0.05) is 29.4 Å². The van der Waals surface area contributed by atoms with Crippen LogP contribution in [0.5, 0.6) is 0 Å². The molecular formula is C13H15ClN2O. The van der Waals surface area contributed by atoms with Crippen molar-refractivity contribution in [1.29, 1.82) is 0 Å². The molecule has 0 unspecified atom stereocenters. The summed E-state index contributed by atoms with van der Waals surface area (Å²) in [6, 6.07) is 5.48. The molecule has 90 valence electrons. The van der Waals surface area contributed by atoms with E-state index in [1.807, 2.05) is 26.0 Å². The number of nitrogens with one attached hydrogen (secondary N) is 2. The second kappa shape index (κ2) is 4.90. The largest absolute Gasteiger partial charge is 0.322 e. The molecule has 0 saturated carbocycles. The number of halogens is 1. The topological polar surface area (TPSA) is 41.1 Å². The minimum Gasteiger partial charge on any atom is -0.322 e. The van der Waals surface area contributed by atoms with Gasteiger partial charge in [-0.1, -0.05) is 17.7 Å². The summed E-state index contributed by atoms with van der Waals surface area (Å²) in [5.41, 5.74) is 3.74. The molecular weight excluding hydrogens is 236 g/mol. The van der Waals surface area contributed by atoms with Gasteiger partial charge in [0.25, 0.3) is 5.91 Å². The lowest BCUT2D eigenvalue weighted by Crippen LogP contribution is -2.36. The molecule has 1 fully saturated rings. The quantitative estimate of drug-likeness (QED) is 0.792. The lowest BCUT2D eigenvalue weighted by atomic mass is 10.0. The number of carbonyl (C=O) groups is 1. The first kappa shape index (κ1) is 12.1. The van der Waals surface area contributed by atoms with Gasteiger partial charge < -0.3 is 10.6 Å². The summed E-state index contributed by atoms with van der Waals surface area (Å²) in [5, 5.41) is 6.64. The van der Waals surface area contributed by atoms with Gasteiger partial charge in [0.1, 0.15) is 0 Å². The normalized spacial score (nSPS) is 14.2. The van der Waals surface area contributed by atoms with Crippen molar-refractivity contribution in [3.05, 3.63) is 39.9 Å². The first-order chi connectivity index (χ1) is 8.08. The van der Waals surface area contributed by atoms with Crippen molar-refractivity contribution in [3.8, 4) is 0 Å². The van der Waals surface area contributed by atoms with Crippen LogP contribution in [0.15, 0.2) is 29.3 Å². The van der Waals surface area contributed by atoms with Crippen molar-refractivity contribution >= 4 is 23.2 Å². The highest BCUT2D eigenvalue weighted by atomic mass is 35.5. The van der Waals surface area contributed by atoms with E-state index in [9.17, 15) is 4.79 Å². The van der Waals surface area contributed by atoms with Crippen molar-refractivity contribution in [2.75, 3.05) is 18.4 Å². The molecule has 3 nitrogen and oxygen atoms in total. The van der Waals surface area contributed by atoms with Gasteiger partial charge in [-0.15, -0.1) is 0 Å². The third-order valence-corrected chi connectivity index (χ3v) is 3.23. The summed E-state index contributed by atoms with van der Waals surface area (Å²) in [5.74, 6) is -0.0492. The fourth-order valence-electron chi connectivity index (χ4n) is 1.62. The van der Waals surface area contributed by atoms with Gasteiger partial charge in [-0.05, 0) is 37.1 Å². The maximum absolute atomic E-state index is 12.0. The van der Waals surface area contributed by atoms with Crippen LogP contribution in [0.25, 0.3) is 0 Å². The van der Waals surface area contributed by atoms with Gasteiger partial charge in [-0.2, -0.15) is 0 Å². The standard InChI is InChI=1S/C13H15ClN2O/c1-8-3-4-11(14)5-12(8)16-13(17)9(2)10-6-15-7-10/h3-5,15H,6-7H2,1-2H3,(H,16,17). The number of anilines is 1. The van der Waals surface area contributed by atoms with Crippen LogP contribution in [0.1, 0.15) is 12.5 Å². The molecule has 17 heavy (non-hydrogen) atoms. The fraction of sp³-hybridized carbons (Fsp3) is 0.308. The zero-order chi connectivity index (χ0) is 12.4. The molecule has 1 saturated heterocycles. The molecule has 0 radical (unpaired) electrons. The van der Waals surface area contributed by atoms with E-state index in [2.05, 4.69) is 10.6 Å². The molecule has 1 aliphatic rings. The summed E-state index contributed by atoms with van der Waals surface area (Å²) < 4.78 is 0. The number of benzene rings is 1. The summed E-state index contributed by atoms with van der Waals surface area (Å²) >= 11 is 5.91. The number of aryl methyl sites for hydroxylation is 1. The zero-order valence-corrected chi connectivity index (χ0v) is 10.7. The summed E-state index contributed by atoms with van der Waals surface area (Å²) in [6.45, 7) is 5.42. The summed E-state index contributed by atoms with van der Waals surface area (Å²) in [7, 11) is 0. The Kier molecular flexibility index (Phi) is 3.50. The van der Waals surface area contributed by atoms with Crippen LogP contribution in [-0.4, -0.2) is 19.0 Å². The molecule has 1 amide bonds. The van der Waals surface area contributed by atoms with E-state index < -0.39 is 0 Å². The van der Waals surface area contributed by atoms with E-state index in [1.54, 1.807) is 6.07 Å². The van der Waals surface area contributed by atoms with E-state index in [0.717, 1.165) is 29.9 Å². The van der Waals surface area contributed by atoms with Crippen LogP contribution in [0.3, 0.4) is 0 Å². The van der Waals surface area contributed by atoms with Gasteiger partial charge in [-0.25, -0.2) is 0 Å². The van der Waals surface area contributed by atoms with Gasteiger partial charge in [0.05, 0.1) is 0 Å². The van der Waals surface area contributed by atoms with Crippen LogP contribution in [0.2, 0.25) is 5.02 Å². The van der Waals surface area contributed by atoms with Crippen LogP contribution >= 0.6 is 11.6 Å². The number of rotatable bonds is 2. The van der Waals surface area contributed by atoms with Gasteiger partial charge >= 0.3 is 0 Å². The molecule has 2 N–H and O–H groups in total. The molecule has 1 aliphatic heterocycles. The molecule has 4 heteroatoms. The highest BCUT2D eigenvalue weighted by Gasteiger charge is 2.16. The maximum Gasteiger partial charge on any atom is 0.251 e. The monoisotopic (exact) mass is 250 g/mol. The smallest absolute Gasteiger partial charge is 0.251 e. The third kappa shape index (κ3) is 2.68. The number of hydrogen-bond acceptors (Lipinski definition) is 2. The second-order valence-corrected chi connectivity index (χ2v) is 4.68. The van der Waals surface area contributed by atoms with Gasteiger partial charge in [0.2, 0.25) is 0 Å². The molecule has 1 aromatic rings. The molecule has 0 atom stereocenters. The molecule has 0 spiro atoms. The Morgan fingerprint density at radius 1 is 1.41 bits per heavy atom. The van der Waals surface area contributed by atoms with Crippen LogP contribution in [0.4, 0.5) is 5.69 Å². The third-order valence-electron chi connectivity index (χ3n) is 3.00. The predicted molar refractivity (Wildman–Crippen MR) is 70.4 cm³/mol. The highest BCUT2D eigenvalue weighted by molar-refractivity contribution is 6.31. The lowest BCUT2D eigenvalue weighted by molar-refractivity contribution is -0.112. The summed E-state index contributed by atoms with van der Waals surface area (Å²) in [4.78, 5) is 12.0. The molecule has 1 aromatic carbocycles. The molecule has 0 aliphatic carbocycles. The summed E-state index contributed by atoms with van der Waals surface area (Å²) in [6.07, 6.45) is 0. The minimum atomic E-state index is -0.0492. The molecule has 2 rings (SSSR count). The Labute approximate surface area is 106 Å². The zero-order valence-electron chi connectivity index (χ0n) is 9.93. The Morgan fingerprint density at radius 2 is 2.12 bits per heavy atom. The Hall–Kier alpha value is -1.32. The van der Waals surface area contributed by atoms with Crippen molar-refractivity contribution < 1.29 is 4.79 Å². The Bertz CT molecular complexity index is 488. The van der Waals surface area contributed by atoms with Crippen molar-refractivity contribution in [3.63, 3.8) is 0 Å². The molecule has 1 heterocycles.